The third-order valence-corrected chi connectivity index (χ3v) is 5.70. The third kappa shape index (κ3) is 4.52. The monoisotopic (exact) mass is 428 g/mol. The van der Waals surface area contributed by atoms with Crippen LogP contribution < -0.4 is 5.73 Å². The maximum atomic E-state index is 12.5. The molecule has 0 saturated carbocycles. The molecule has 0 aliphatic rings. The van der Waals surface area contributed by atoms with Crippen LogP contribution in [0.4, 0.5) is 0 Å². The zero-order chi connectivity index (χ0) is 15.3. The van der Waals surface area contributed by atoms with E-state index < -0.39 is 22.5 Å². The lowest BCUT2D eigenvalue weighted by Crippen LogP contribution is -2.40. The second-order valence-corrected chi connectivity index (χ2v) is 7.55. The summed E-state index contributed by atoms with van der Waals surface area (Å²) in [6.45, 7) is -0.181. The van der Waals surface area contributed by atoms with Crippen molar-refractivity contribution in [1.82, 2.24) is 4.31 Å². The Morgan fingerprint density at radius 2 is 2.05 bits per heavy atom. The van der Waals surface area contributed by atoms with Gasteiger partial charge in [-0.25, -0.2) is 8.42 Å². The smallest absolute Gasteiger partial charge is 0.244 e. The minimum Gasteiger partial charge on any atom is -0.383 e. The van der Waals surface area contributed by atoms with Crippen LogP contribution in [0.5, 0.6) is 0 Å². The van der Waals surface area contributed by atoms with Crippen LogP contribution in [0.15, 0.2) is 32.0 Å². The molecule has 0 spiro atoms. The van der Waals surface area contributed by atoms with Crippen molar-refractivity contribution in [1.29, 1.82) is 0 Å². The summed E-state index contributed by atoms with van der Waals surface area (Å²) in [5.74, 6) is -0.724. The minimum absolute atomic E-state index is 0.0459. The molecule has 0 unspecified atom stereocenters. The minimum atomic E-state index is -3.83. The van der Waals surface area contributed by atoms with Gasteiger partial charge in [0, 0.05) is 22.6 Å². The maximum Gasteiger partial charge on any atom is 0.244 e. The van der Waals surface area contributed by atoms with E-state index in [1.54, 1.807) is 12.1 Å². The summed E-state index contributed by atoms with van der Waals surface area (Å²) in [5.41, 5.74) is 5.10. The number of rotatable bonds is 7. The van der Waals surface area contributed by atoms with E-state index in [2.05, 4.69) is 31.9 Å². The second kappa shape index (κ2) is 7.51. The molecule has 0 aliphatic carbocycles. The number of hydrogen-bond acceptors (Lipinski definition) is 4. The quantitative estimate of drug-likeness (QED) is 0.707. The number of hydrogen-bond donors (Lipinski definition) is 1. The van der Waals surface area contributed by atoms with E-state index in [1.807, 2.05) is 0 Å². The number of sulfonamides is 1. The van der Waals surface area contributed by atoms with E-state index in [-0.39, 0.29) is 18.0 Å². The van der Waals surface area contributed by atoms with Crippen LogP contribution in [0.3, 0.4) is 0 Å². The SMILES string of the molecule is COCCN(CC(N)=O)S(=O)(=O)c1ccc(Br)cc1Br. The van der Waals surface area contributed by atoms with Crippen molar-refractivity contribution in [3.8, 4) is 0 Å². The molecular weight excluding hydrogens is 416 g/mol. The number of nitrogens with two attached hydrogens (primary N) is 1. The zero-order valence-corrected chi connectivity index (χ0v) is 14.7. The molecule has 0 aliphatic heterocycles. The summed E-state index contributed by atoms with van der Waals surface area (Å²) in [6.07, 6.45) is 0. The van der Waals surface area contributed by atoms with Gasteiger partial charge in [0.05, 0.1) is 18.0 Å². The van der Waals surface area contributed by atoms with Gasteiger partial charge in [-0.15, -0.1) is 0 Å². The number of halogens is 2. The molecule has 1 aromatic carbocycles. The number of ether oxygens (including phenoxy) is 1. The van der Waals surface area contributed by atoms with Gasteiger partial charge in [0.15, 0.2) is 0 Å². The van der Waals surface area contributed by atoms with Gasteiger partial charge < -0.3 is 10.5 Å². The molecule has 0 aromatic heterocycles. The van der Waals surface area contributed by atoms with Gasteiger partial charge in [0.1, 0.15) is 0 Å². The van der Waals surface area contributed by atoms with Crippen molar-refractivity contribution in [2.45, 2.75) is 4.90 Å². The Bertz CT molecular complexity index is 592. The van der Waals surface area contributed by atoms with E-state index in [0.717, 1.165) is 8.78 Å². The molecule has 20 heavy (non-hydrogen) atoms. The predicted octanol–water partition coefficient (Wildman–Crippen LogP) is 1.33. The van der Waals surface area contributed by atoms with Gasteiger partial charge in [-0.3, -0.25) is 4.79 Å². The number of carbonyl (C=O) groups is 1. The fourth-order valence-corrected chi connectivity index (χ4v) is 4.57. The molecule has 9 heteroatoms. The third-order valence-electron chi connectivity index (χ3n) is 2.39. The highest BCUT2D eigenvalue weighted by Gasteiger charge is 2.27. The van der Waals surface area contributed by atoms with Crippen LogP contribution in [-0.2, 0) is 19.6 Å². The summed E-state index contributed by atoms with van der Waals surface area (Å²) in [6, 6.07) is 4.67. The summed E-state index contributed by atoms with van der Waals surface area (Å²) >= 11 is 6.45. The Hall–Kier alpha value is -0.480. The van der Waals surface area contributed by atoms with Crippen molar-refractivity contribution in [2.75, 3.05) is 26.8 Å². The molecule has 0 fully saturated rings. The molecule has 1 aromatic rings. The van der Waals surface area contributed by atoms with Crippen LogP contribution in [0.25, 0.3) is 0 Å². The first-order valence-electron chi connectivity index (χ1n) is 5.51. The normalized spacial score (nSPS) is 11.8. The first kappa shape index (κ1) is 17.6. The number of carbonyl (C=O) groups excluding carboxylic acids is 1. The van der Waals surface area contributed by atoms with Crippen molar-refractivity contribution in [3.05, 3.63) is 27.1 Å². The summed E-state index contributed by atoms with van der Waals surface area (Å²) < 4.78 is 32.0. The van der Waals surface area contributed by atoms with Gasteiger partial charge in [-0.1, -0.05) is 15.9 Å². The van der Waals surface area contributed by atoms with Crippen LogP contribution >= 0.6 is 31.9 Å². The molecule has 0 heterocycles. The predicted molar refractivity (Wildman–Crippen MR) is 81.7 cm³/mol. The van der Waals surface area contributed by atoms with Gasteiger partial charge in [0.2, 0.25) is 15.9 Å². The van der Waals surface area contributed by atoms with E-state index >= 15 is 0 Å². The fourth-order valence-electron chi connectivity index (χ4n) is 1.47. The first-order chi connectivity index (χ1) is 9.28. The Balaban J connectivity index is 3.17. The lowest BCUT2D eigenvalue weighted by atomic mass is 10.4. The summed E-state index contributed by atoms with van der Waals surface area (Å²) in [4.78, 5) is 11.1. The fraction of sp³-hybridized carbons (Fsp3) is 0.364. The zero-order valence-electron chi connectivity index (χ0n) is 10.7. The molecule has 1 rings (SSSR count). The molecule has 0 bridgehead atoms. The lowest BCUT2D eigenvalue weighted by Gasteiger charge is -2.21. The Morgan fingerprint density at radius 1 is 1.40 bits per heavy atom. The molecule has 6 nitrogen and oxygen atoms in total. The van der Waals surface area contributed by atoms with Crippen LogP contribution in [0.1, 0.15) is 0 Å². The summed E-state index contributed by atoms with van der Waals surface area (Å²) in [5, 5.41) is 0. The number of amides is 1. The Morgan fingerprint density at radius 3 is 2.55 bits per heavy atom. The number of benzene rings is 1. The molecule has 0 radical (unpaired) electrons. The van der Waals surface area contributed by atoms with Crippen LogP contribution in [0, 0.1) is 0 Å². The Kier molecular flexibility index (Phi) is 6.59. The van der Waals surface area contributed by atoms with Gasteiger partial charge in [-0.2, -0.15) is 4.31 Å². The van der Waals surface area contributed by atoms with Crippen molar-refractivity contribution in [3.63, 3.8) is 0 Å². The van der Waals surface area contributed by atoms with Gasteiger partial charge in [-0.05, 0) is 34.1 Å². The highest BCUT2D eigenvalue weighted by atomic mass is 79.9. The second-order valence-electron chi connectivity index (χ2n) is 3.87. The number of nitrogens with zero attached hydrogens (tertiary/aromatic N) is 1. The molecular formula is C11H14Br2N2O4S. The lowest BCUT2D eigenvalue weighted by molar-refractivity contribution is -0.118. The highest BCUT2D eigenvalue weighted by molar-refractivity contribution is 9.11. The molecule has 2 N–H and O–H groups in total. The maximum absolute atomic E-state index is 12.5. The van der Waals surface area contributed by atoms with Crippen molar-refractivity contribution >= 4 is 47.8 Å². The van der Waals surface area contributed by atoms with Crippen molar-refractivity contribution < 1.29 is 17.9 Å². The van der Waals surface area contributed by atoms with Gasteiger partial charge in [0.25, 0.3) is 0 Å². The molecule has 1 amide bonds. The van der Waals surface area contributed by atoms with Crippen molar-refractivity contribution in [2.24, 2.45) is 5.73 Å². The van der Waals surface area contributed by atoms with Crippen LogP contribution in [-0.4, -0.2) is 45.4 Å². The average Bonchev–Trinajstić information content (AvgIpc) is 2.33. The largest absolute Gasteiger partial charge is 0.383 e. The van der Waals surface area contributed by atoms with E-state index in [0.29, 0.717) is 4.47 Å². The summed E-state index contributed by atoms with van der Waals surface area (Å²) in [7, 11) is -2.38. The van der Waals surface area contributed by atoms with Crippen LogP contribution in [0.2, 0.25) is 0 Å². The molecule has 0 saturated heterocycles. The standard InChI is InChI=1S/C11H14Br2N2O4S/c1-19-5-4-15(7-11(14)16)20(17,18)10-3-2-8(12)6-9(10)13/h2-3,6H,4-5,7H2,1H3,(H2,14,16). The number of methoxy groups -OCH3 is 1. The highest BCUT2D eigenvalue weighted by Crippen LogP contribution is 2.28. The number of primary amides is 1. The topological polar surface area (TPSA) is 89.7 Å². The van der Waals surface area contributed by atoms with E-state index in [4.69, 9.17) is 10.5 Å². The molecule has 0 atom stereocenters. The first-order valence-corrected chi connectivity index (χ1v) is 8.54. The van der Waals surface area contributed by atoms with E-state index in [1.165, 1.54) is 13.2 Å². The van der Waals surface area contributed by atoms with Gasteiger partial charge >= 0.3 is 0 Å². The Labute approximate surface area is 134 Å². The molecule has 112 valence electrons. The van der Waals surface area contributed by atoms with E-state index in [9.17, 15) is 13.2 Å². The average molecular weight is 430 g/mol.